The van der Waals surface area contributed by atoms with Crippen LogP contribution in [0, 0.1) is 10.8 Å². The van der Waals surface area contributed by atoms with Crippen LogP contribution in [-0.4, -0.2) is 22.4 Å². The zero-order chi connectivity index (χ0) is 24.6. The Morgan fingerprint density at radius 3 is 1.81 bits per heavy atom. The van der Waals surface area contributed by atoms with Crippen molar-refractivity contribution in [3.63, 3.8) is 0 Å². The molecule has 2 aliphatic heterocycles. The molecule has 0 aromatic rings. The molecule has 4 unspecified atom stereocenters. The highest BCUT2D eigenvalue weighted by atomic mass is 14.7. The molecule has 2 heterocycles. The van der Waals surface area contributed by atoms with Crippen molar-refractivity contribution in [3.8, 4) is 0 Å². The van der Waals surface area contributed by atoms with Crippen molar-refractivity contribution >= 4 is 22.4 Å². The molecule has 4 aliphatic carbocycles. The lowest BCUT2D eigenvalue weighted by Gasteiger charge is -2.52. The van der Waals surface area contributed by atoms with E-state index in [4.69, 9.17) is 0 Å². The van der Waals surface area contributed by atoms with Gasteiger partial charge in [0.1, 0.15) is 22.4 Å². The minimum Gasteiger partial charge on any atom is -0.0766 e. The third-order valence-electron chi connectivity index (χ3n) is 14.6. The summed E-state index contributed by atoms with van der Waals surface area (Å²) < 4.78 is 0. The average molecular weight is 488 g/mol. The Hall–Kier alpha value is 0.195. The molecular weight excluding hydrogens is 429 g/mol. The normalized spacial score (nSPS) is 44.2. The zero-order valence-electron chi connectivity index (χ0n) is 24.6. The van der Waals surface area contributed by atoms with Crippen LogP contribution in [0.1, 0.15) is 173 Å². The van der Waals surface area contributed by atoms with Crippen LogP contribution < -0.4 is 0 Å². The fourth-order valence-electron chi connectivity index (χ4n) is 12.5. The van der Waals surface area contributed by atoms with Gasteiger partial charge in [0, 0.05) is 0 Å². The third kappa shape index (κ3) is 4.74. The Morgan fingerprint density at radius 1 is 0.500 bits per heavy atom. The highest BCUT2D eigenvalue weighted by molar-refractivity contribution is 6.66. The molecule has 6 fully saturated rings. The van der Waals surface area contributed by atoms with Crippen LogP contribution >= 0.6 is 0 Å². The summed E-state index contributed by atoms with van der Waals surface area (Å²) in [5.41, 5.74) is 1.43. The Kier molecular flexibility index (Phi) is 7.81. The SMILES string of the molecule is BC1(C23CCCCC(C45BC(BC6CCCCCCC6)(CCCC4)CC5)(CC2)C3)CCCCCCC1. The molecule has 4 bridgehead atoms. The number of rotatable bonds is 4. The molecule has 4 saturated carbocycles. The predicted octanol–water partition coefficient (Wildman–Crippen LogP) is 9.30. The summed E-state index contributed by atoms with van der Waals surface area (Å²) in [6.07, 6.45) is 42.3. The molecule has 4 atom stereocenters. The lowest BCUT2D eigenvalue weighted by atomic mass is 9.24. The minimum atomic E-state index is 0.648. The molecule has 2 saturated heterocycles. The van der Waals surface area contributed by atoms with E-state index in [9.17, 15) is 0 Å². The molecule has 0 aromatic carbocycles. The largest absolute Gasteiger partial charge is 0.127 e. The highest BCUT2D eigenvalue weighted by Gasteiger charge is 2.66. The summed E-state index contributed by atoms with van der Waals surface area (Å²) in [4.78, 5) is 0. The molecule has 200 valence electrons. The summed E-state index contributed by atoms with van der Waals surface area (Å²) in [6.45, 7) is 0. The first-order chi connectivity index (χ1) is 17.5. The van der Waals surface area contributed by atoms with E-state index in [1.807, 2.05) is 0 Å². The van der Waals surface area contributed by atoms with Gasteiger partial charge in [0.15, 0.2) is 0 Å². The first-order valence-electron chi connectivity index (χ1n) is 17.5. The van der Waals surface area contributed by atoms with Gasteiger partial charge in [-0.15, -0.1) is 0 Å². The Balaban J connectivity index is 1.26. The summed E-state index contributed by atoms with van der Waals surface area (Å²) >= 11 is 0. The lowest BCUT2D eigenvalue weighted by molar-refractivity contribution is 0.0982. The van der Waals surface area contributed by atoms with E-state index in [-0.39, 0.29) is 0 Å². The maximum atomic E-state index is 2.82. The van der Waals surface area contributed by atoms with Crippen molar-refractivity contribution in [2.45, 2.75) is 195 Å². The Labute approximate surface area is 228 Å². The molecule has 0 radical (unpaired) electrons. The van der Waals surface area contributed by atoms with Crippen molar-refractivity contribution in [2.75, 3.05) is 0 Å². The molecule has 0 nitrogen and oxygen atoms in total. The first kappa shape index (κ1) is 26.4. The molecule has 6 rings (SSSR count). The van der Waals surface area contributed by atoms with Gasteiger partial charge in [0.05, 0.1) is 0 Å². The molecule has 36 heavy (non-hydrogen) atoms. The number of hydrogen-bond donors (Lipinski definition) is 0. The molecule has 0 aromatic heterocycles. The van der Waals surface area contributed by atoms with Crippen LogP contribution in [0.25, 0.3) is 0 Å². The van der Waals surface area contributed by atoms with Crippen LogP contribution in [0.2, 0.25) is 21.7 Å². The summed E-state index contributed by atoms with van der Waals surface area (Å²) in [6, 6.07) is 0. The van der Waals surface area contributed by atoms with Gasteiger partial charge in [-0.05, 0) is 48.2 Å². The molecule has 0 amide bonds. The molecule has 0 spiro atoms. The summed E-state index contributed by atoms with van der Waals surface area (Å²) in [5.74, 6) is 1.07. The molecular formula is C33H59B3. The standard InChI is InChI=1S/C33H59B3/c34-31(19-9-5-2-6-10-20-31)29-17-11-12-18-30(27-29,24-23-29)32-21-13-14-22-33(36-32,26-25-32)35-28-15-7-3-1-4-8-16-28/h28,35-36H,1-27,34H2. The van der Waals surface area contributed by atoms with Crippen molar-refractivity contribution in [2.24, 2.45) is 10.8 Å². The topological polar surface area (TPSA) is 0 Å². The van der Waals surface area contributed by atoms with Gasteiger partial charge < -0.3 is 0 Å². The highest BCUT2D eigenvalue weighted by Crippen LogP contribution is 2.78. The van der Waals surface area contributed by atoms with Gasteiger partial charge in [0.25, 0.3) is 0 Å². The van der Waals surface area contributed by atoms with E-state index >= 15 is 0 Å². The first-order valence-corrected chi connectivity index (χ1v) is 17.5. The van der Waals surface area contributed by atoms with E-state index in [1.165, 1.54) is 64.2 Å². The van der Waals surface area contributed by atoms with E-state index in [0.717, 1.165) is 21.8 Å². The van der Waals surface area contributed by atoms with Crippen LogP contribution in [0.15, 0.2) is 0 Å². The minimum absolute atomic E-state index is 0.648. The maximum absolute atomic E-state index is 2.82. The van der Waals surface area contributed by atoms with Gasteiger partial charge in [-0.25, -0.2) is 0 Å². The van der Waals surface area contributed by atoms with Gasteiger partial charge >= 0.3 is 0 Å². The Morgan fingerprint density at radius 2 is 1.06 bits per heavy atom. The second-order valence-electron chi connectivity index (χ2n) is 16.4. The van der Waals surface area contributed by atoms with Gasteiger partial charge in [0.2, 0.25) is 0 Å². The number of fused-ring (bicyclic) bond motifs is 5. The quantitative estimate of drug-likeness (QED) is 0.346. The zero-order valence-corrected chi connectivity index (χ0v) is 24.6. The van der Waals surface area contributed by atoms with Crippen molar-refractivity contribution < 1.29 is 0 Å². The molecule has 0 N–H and O–H groups in total. The van der Waals surface area contributed by atoms with Crippen molar-refractivity contribution in [3.05, 3.63) is 0 Å². The van der Waals surface area contributed by atoms with Gasteiger partial charge in [-0.1, -0.05) is 158 Å². The summed E-state index contributed by atoms with van der Waals surface area (Å²) in [7, 11) is 6.12. The van der Waals surface area contributed by atoms with Crippen LogP contribution in [0.3, 0.4) is 0 Å². The van der Waals surface area contributed by atoms with Crippen LogP contribution in [0.5, 0.6) is 0 Å². The third-order valence-corrected chi connectivity index (χ3v) is 14.6. The predicted molar refractivity (Wildman–Crippen MR) is 164 cm³/mol. The van der Waals surface area contributed by atoms with Crippen LogP contribution in [-0.2, 0) is 0 Å². The number of hydrogen-bond acceptors (Lipinski definition) is 0. The lowest BCUT2D eigenvalue weighted by Crippen LogP contribution is -2.41. The average Bonchev–Trinajstić information content (AvgIpc) is 3.25. The Bertz CT molecular complexity index is 735. The van der Waals surface area contributed by atoms with Gasteiger partial charge in [-0.2, -0.15) is 0 Å². The van der Waals surface area contributed by atoms with Crippen molar-refractivity contribution in [1.29, 1.82) is 0 Å². The monoisotopic (exact) mass is 488 g/mol. The second kappa shape index (κ2) is 10.6. The second-order valence-corrected chi connectivity index (χ2v) is 16.4. The smallest absolute Gasteiger partial charge is 0.0766 e. The fourth-order valence-corrected chi connectivity index (χ4v) is 12.5. The van der Waals surface area contributed by atoms with E-state index in [2.05, 4.69) is 7.85 Å². The van der Waals surface area contributed by atoms with E-state index in [1.54, 1.807) is 124 Å². The fraction of sp³-hybridized carbons (Fsp3) is 1.00. The van der Waals surface area contributed by atoms with Crippen molar-refractivity contribution in [1.82, 2.24) is 0 Å². The van der Waals surface area contributed by atoms with Gasteiger partial charge in [-0.3, -0.25) is 0 Å². The summed E-state index contributed by atoms with van der Waals surface area (Å²) in [5, 5.41) is 2.13. The van der Waals surface area contributed by atoms with Crippen LogP contribution in [0.4, 0.5) is 0 Å². The van der Waals surface area contributed by atoms with E-state index in [0.29, 0.717) is 10.7 Å². The van der Waals surface area contributed by atoms with E-state index < -0.39 is 0 Å². The molecule has 6 aliphatic rings. The molecule has 3 heteroatoms. The maximum Gasteiger partial charge on any atom is 0.127 e.